The smallest absolute Gasteiger partial charge is 0.350 e. The topological polar surface area (TPSA) is 80.6 Å². The summed E-state index contributed by atoms with van der Waals surface area (Å²) >= 11 is 0. The first-order valence-electron chi connectivity index (χ1n) is 5.42. The van der Waals surface area contributed by atoms with Crippen LogP contribution in [0.4, 0.5) is 0 Å². The van der Waals surface area contributed by atoms with Gasteiger partial charge in [0.25, 0.3) is 0 Å². The van der Waals surface area contributed by atoms with E-state index >= 15 is 0 Å². The zero-order valence-electron chi connectivity index (χ0n) is 9.97. The highest BCUT2D eigenvalue weighted by molar-refractivity contribution is 6.02. The molecular weight excluding hydrogens is 236 g/mol. The molecule has 0 fully saturated rings. The van der Waals surface area contributed by atoms with E-state index in [9.17, 15) is 14.7 Å². The highest BCUT2D eigenvalue weighted by atomic mass is 16.4. The normalized spacial score (nSPS) is 12.3. The molecule has 1 unspecified atom stereocenters. The minimum Gasteiger partial charge on any atom is -0.507 e. The molecule has 94 valence electrons. The number of ketones is 1. The molecule has 1 N–H and O–H groups in total. The number of furan rings is 1. The number of aryl methyl sites for hydroxylation is 1. The van der Waals surface area contributed by atoms with E-state index in [1.165, 1.54) is 19.3 Å². The number of carbonyl (C=O) groups is 1. The summed E-state index contributed by atoms with van der Waals surface area (Å²) in [6, 6.07) is 4.52. The molecule has 0 aliphatic rings. The van der Waals surface area contributed by atoms with Crippen LogP contribution in [0.25, 0.3) is 0 Å². The zero-order chi connectivity index (χ0) is 13.3. The van der Waals surface area contributed by atoms with Gasteiger partial charge in [0, 0.05) is 6.07 Å². The summed E-state index contributed by atoms with van der Waals surface area (Å²) in [6.07, 6.45) is 1.44. The first-order valence-corrected chi connectivity index (χ1v) is 5.42. The lowest BCUT2D eigenvalue weighted by Crippen LogP contribution is -2.19. The second-order valence-electron chi connectivity index (χ2n) is 4.01. The lowest BCUT2D eigenvalue weighted by atomic mass is 9.98. The molecule has 0 aliphatic carbocycles. The average molecular weight is 248 g/mol. The lowest BCUT2D eigenvalue weighted by molar-refractivity contribution is 0.0950. The third-order valence-corrected chi connectivity index (χ3v) is 2.66. The minimum atomic E-state index is -0.837. The third-order valence-electron chi connectivity index (χ3n) is 2.66. The average Bonchev–Trinajstić information content (AvgIpc) is 2.79. The van der Waals surface area contributed by atoms with Gasteiger partial charge in [-0.1, -0.05) is 0 Å². The Labute approximate surface area is 103 Å². The molecule has 2 aromatic rings. The third kappa shape index (κ3) is 2.07. The van der Waals surface area contributed by atoms with E-state index in [1.54, 1.807) is 19.1 Å². The molecule has 0 amide bonds. The molecule has 2 rings (SSSR count). The molecule has 2 heterocycles. The van der Waals surface area contributed by atoms with E-state index in [4.69, 9.17) is 8.83 Å². The number of carbonyl (C=O) groups excluding carboxylic acids is 1. The maximum Gasteiger partial charge on any atom is 0.350 e. The van der Waals surface area contributed by atoms with Gasteiger partial charge in [0.05, 0.1) is 12.2 Å². The molecule has 18 heavy (non-hydrogen) atoms. The number of Topliss-reactive ketones (excluding diaryl/α,β-unsaturated/α-hetero) is 1. The van der Waals surface area contributed by atoms with E-state index in [2.05, 4.69) is 0 Å². The van der Waals surface area contributed by atoms with Gasteiger partial charge < -0.3 is 13.9 Å². The standard InChI is InChI=1S/C13H12O5/c1-7-6-9(14)11(13(16)18-7)12(15)8(2)10-4-3-5-17-10/h3-6,8,14H,1-2H3. The minimum absolute atomic E-state index is 0.250. The van der Waals surface area contributed by atoms with Crippen molar-refractivity contribution in [1.29, 1.82) is 0 Å². The van der Waals surface area contributed by atoms with Gasteiger partial charge in [0.1, 0.15) is 22.8 Å². The summed E-state index contributed by atoms with van der Waals surface area (Å²) < 4.78 is 9.92. The van der Waals surface area contributed by atoms with Crippen molar-refractivity contribution >= 4 is 5.78 Å². The van der Waals surface area contributed by atoms with Gasteiger partial charge in [-0.05, 0) is 26.0 Å². The van der Waals surface area contributed by atoms with Crippen molar-refractivity contribution in [1.82, 2.24) is 0 Å². The van der Waals surface area contributed by atoms with Gasteiger partial charge >= 0.3 is 5.63 Å². The molecular formula is C13H12O5. The van der Waals surface area contributed by atoms with Crippen LogP contribution in [-0.4, -0.2) is 10.9 Å². The Morgan fingerprint density at radius 1 is 1.44 bits per heavy atom. The molecule has 5 heteroatoms. The predicted molar refractivity (Wildman–Crippen MR) is 62.8 cm³/mol. The number of aromatic hydroxyl groups is 1. The maximum atomic E-state index is 12.1. The van der Waals surface area contributed by atoms with Gasteiger partial charge in [0.2, 0.25) is 0 Å². The summed E-state index contributed by atoms with van der Waals surface area (Å²) in [4.78, 5) is 23.7. The van der Waals surface area contributed by atoms with Gasteiger partial charge in [-0.3, -0.25) is 4.79 Å². The molecule has 0 radical (unpaired) electrons. The molecule has 0 bridgehead atoms. The van der Waals surface area contributed by atoms with Gasteiger partial charge in [-0.2, -0.15) is 0 Å². The van der Waals surface area contributed by atoms with Crippen LogP contribution < -0.4 is 5.63 Å². The molecule has 0 aliphatic heterocycles. The Morgan fingerprint density at radius 3 is 2.72 bits per heavy atom. The van der Waals surface area contributed by atoms with E-state index in [1.807, 2.05) is 0 Å². The second kappa shape index (κ2) is 4.52. The summed E-state index contributed by atoms with van der Waals surface area (Å²) in [6.45, 7) is 3.12. The Morgan fingerprint density at radius 2 is 2.17 bits per heavy atom. The van der Waals surface area contributed by atoms with Crippen molar-refractivity contribution in [2.75, 3.05) is 0 Å². The van der Waals surface area contributed by atoms with Crippen molar-refractivity contribution < 1.29 is 18.7 Å². The predicted octanol–water partition coefficient (Wildman–Crippen LogP) is 2.23. The van der Waals surface area contributed by atoms with E-state index in [0.29, 0.717) is 5.76 Å². The second-order valence-corrected chi connectivity index (χ2v) is 4.01. The SMILES string of the molecule is Cc1cc(O)c(C(=O)C(C)c2ccco2)c(=O)o1. The van der Waals surface area contributed by atoms with E-state index in [0.717, 1.165) is 0 Å². The van der Waals surface area contributed by atoms with Crippen molar-refractivity contribution in [2.45, 2.75) is 19.8 Å². The fourth-order valence-corrected chi connectivity index (χ4v) is 1.71. The highest BCUT2D eigenvalue weighted by Gasteiger charge is 2.26. The number of hydrogen-bond donors (Lipinski definition) is 1. The van der Waals surface area contributed by atoms with Gasteiger partial charge in [-0.15, -0.1) is 0 Å². The monoisotopic (exact) mass is 248 g/mol. The van der Waals surface area contributed by atoms with E-state index in [-0.39, 0.29) is 17.1 Å². The molecule has 0 spiro atoms. The van der Waals surface area contributed by atoms with Crippen LogP contribution in [0.15, 0.2) is 38.1 Å². The van der Waals surface area contributed by atoms with Crippen LogP contribution in [0.1, 0.15) is 34.7 Å². The summed E-state index contributed by atoms with van der Waals surface area (Å²) in [5, 5.41) is 9.68. The van der Waals surface area contributed by atoms with Crippen LogP contribution in [0.5, 0.6) is 5.75 Å². The fraction of sp³-hybridized carbons (Fsp3) is 0.231. The quantitative estimate of drug-likeness (QED) is 0.842. The Bertz CT molecular complexity index is 621. The van der Waals surface area contributed by atoms with Crippen molar-refractivity contribution in [3.63, 3.8) is 0 Å². The van der Waals surface area contributed by atoms with Crippen molar-refractivity contribution in [3.8, 4) is 5.75 Å². The van der Waals surface area contributed by atoms with Crippen LogP contribution in [0, 0.1) is 6.92 Å². The Kier molecular flexibility index (Phi) is 3.06. The lowest BCUT2D eigenvalue weighted by Gasteiger charge is -2.08. The van der Waals surface area contributed by atoms with Crippen molar-refractivity contribution in [3.05, 3.63) is 52.0 Å². The molecule has 0 aromatic carbocycles. The molecule has 1 atom stereocenters. The van der Waals surface area contributed by atoms with Crippen LogP contribution in [-0.2, 0) is 0 Å². The van der Waals surface area contributed by atoms with Gasteiger partial charge in [-0.25, -0.2) is 4.79 Å². The maximum absolute atomic E-state index is 12.1. The van der Waals surface area contributed by atoms with Crippen LogP contribution >= 0.6 is 0 Å². The number of hydrogen-bond acceptors (Lipinski definition) is 5. The highest BCUT2D eigenvalue weighted by Crippen LogP contribution is 2.24. The van der Waals surface area contributed by atoms with Crippen molar-refractivity contribution in [2.24, 2.45) is 0 Å². The first-order chi connectivity index (χ1) is 8.50. The first kappa shape index (κ1) is 12.2. The fourth-order valence-electron chi connectivity index (χ4n) is 1.71. The Hall–Kier alpha value is -2.30. The Balaban J connectivity index is 2.44. The summed E-state index contributed by atoms with van der Waals surface area (Å²) in [5.41, 5.74) is -1.18. The van der Waals surface area contributed by atoms with Crippen LogP contribution in [0.2, 0.25) is 0 Å². The molecule has 5 nitrogen and oxygen atoms in total. The van der Waals surface area contributed by atoms with Gasteiger partial charge in [0.15, 0.2) is 5.78 Å². The number of rotatable bonds is 3. The van der Waals surface area contributed by atoms with Crippen LogP contribution in [0.3, 0.4) is 0 Å². The zero-order valence-corrected chi connectivity index (χ0v) is 9.97. The molecule has 0 saturated carbocycles. The molecule has 0 saturated heterocycles. The summed E-state index contributed by atoms with van der Waals surface area (Å²) in [7, 11) is 0. The summed E-state index contributed by atoms with van der Waals surface area (Å²) in [5.74, 6) is -0.876. The molecule has 2 aromatic heterocycles. The largest absolute Gasteiger partial charge is 0.507 e. The van der Waals surface area contributed by atoms with E-state index < -0.39 is 17.3 Å².